The van der Waals surface area contributed by atoms with Gasteiger partial charge in [0.05, 0.1) is 11.7 Å². The van der Waals surface area contributed by atoms with Gasteiger partial charge in [-0.05, 0) is 18.6 Å². The molecule has 0 spiro atoms. The molecule has 0 bridgehead atoms. The van der Waals surface area contributed by atoms with Gasteiger partial charge in [0.15, 0.2) is 24.1 Å². The van der Waals surface area contributed by atoms with E-state index in [0.717, 1.165) is 22.0 Å². The van der Waals surface area contributed by atoms with Crippen molar-refractivity contribution in [2.45, 2.75) is 24.9 Å². The third-order valence-corrected chi connectivity index (χ3v) is 8.50. The molecule has 2 unspecified atom stereocenters. The lowest BCUT2D eigenvalue weighted by molar-refractivity contribution is -0.689. The number of oxime groups is 1. The number of pyridine rings is 1. The van der Waals surface area contributed by atoms with E-state index in [9.17, 15) is 24.3 Å². The molecule has 2 atom stereocenters. The van der Waals surface area contributed by atoms with Crippen LogP contribution in [0.3, 0.4) is 0 Å². The molecular formula is C26H24N12O6S2. The summed E-state index contributed by atoms with van der Waals surface area (Å²) in [6.07, 6.45) is 6.53. The van der Waals surface area contributed by atoms with Gasteiger partial charge >= 0.3 is 0 Å². The number of carboxylic acids is 1. The first kappa shape index (κ1) is 31.6. The van der Waals surface area contributed by atoms with Crippen LogP contribution in [0.4, 0.5) is 5.13 Å². The number of aliphatic imine (C=N–C) groups is 1. The van der Waals surface area contributed by atoms with Gasteiger partial charge in [-0.3, -0.25) is 24.6 Å². The minimum atomic E-state index is -1.52. The summed E-state index contributed by atoms with van der Waals surface area (Å²) in [6.45, 7) is 1.97. The first-order valence-electron chi connectivity index (χ1n) is 13.3. The van der Waals surface area contributed by atoms with Crippen LogP contribution >= 0.6 is 23.3 Å². The highest BCUT2D eigenvalue weighted by Gasteiger charge is 2.53. The Morgan fingerprint density at radius 1 is 1.33 bits per heavy atom. The Labute approximate surface area is 268 Å². The Kier molecular flexibility index (Phi) is 9.24. The van der Waals surface area contributed by atoms with Gasteiger partial charge in [-0.2, -0.15) is 14.6 Å². The number of amides is 3. The van der Waals surface area contributed by atoms with Gasteiger partial charge < -0.3 is 36.5 Å². The van der Waals surface area contributed by atoms with Crippen LogP contribution in [0.25, 0.3) is 11.1 Å². The number of nitrogen functional groups attached to an aromatic ring is 1. The Morgan fingerprint density at radius 3 is 2.74 bits per heavy atom. The molecule has 0 aromatic carbocycles. The topological polar surface area (TPSA) is 274 Å². The number of nitriles is 1. The second-order valence-electron chi connectivity index (χ2n) is 9.53. The molecule has 236 valence electrons. The fourth-order valence-electron chi connectivity index (χ4n) is 4.58. The zero-order chi connectivity index (χ0) is 33.0. The average Bonchev–Trinajstić information content (AvgIpc) is 3.70. The number of nitrogens with two attached hydrogens (primary N) is 2. The Balaban J connectivity index is 1.27. The van der Waals surface area contributed by atoms with Crippen LogP contribution in [-0.4, -0.2) is 78.4 Å². The Hall–Kier alpha value is -5.81. The number of aliphatic carboxylic acids is 1. The number of β-lactam (4-membered cyclic amide) rings is 1. The van der Waals surface area contributed by atoms with E-state index in [2.05, 4.69) is 35.1 Å². The molecule has 5 rings (SSSR count). The number of fused-ring (bicyclic) bond motifs is 1. The summed E-state index contributed by atoms with van der Waals surface area (Å²) in [7, 11) is 0. The minimum Gasteiger partial charge on any atom is -0.543 e. The van der Waals surface area contributed by atoms with Crippen LogP contribution < -0.4 is 31.8 Å². The normalized spacial score (nSPS) is 17.9. The molecule has 3 aromatic rings. The first-order valence-corrected chi connectivity index (χ1v) is 15.1. The number of guanidine groups is 1. The number of carbonyl (C=O) groups excluding carboxylic acids is 4. The first-order chi connectivity index (χ1) is 22.1. The maximum Gasteiger partial charge on any atom is 0.278 e. The van der Waals surface area contributed by atoms with Crippen LogP contribution in [0.2, 0.25) is 0 Å². The van der Waals surface area contributed by atoms with Crippen LogP contribution in [-0.2, 0) is 25.8 Å². The van der Waals surface area contributed by atoms with E-state index >= 15 is 0 Å². The predicted octanol–water partition coefficient (Wildman–Crippen LogP) is -2.23. The maximum absolute atomic E-state index is 13.2. The van der Waals surface area contributed by atoms with E-state index in [1.54, 1.807) is 48.3 Å². The molecule has 2 aliphatic heterocycles. The number of anilines is 1. The molecule has 3 aromatic heterocycles. The number of H-pyrrole nitrogens is 1. The predicted molar refractivity (Wildman–Crippen MR) is 161 cm³/mol. The van der Waals surface area contributed by atoms with Crippen LogP contribution in [0.1, 0.15) is 23.2 Å². The van der Waals surface area contributed by atoms with Crippen LogP contribution in [0.5, 0.6) is 0 Å². The third-order valence-electron chi connectivity index (χ3n) is 6.62. The molecule has 0 saturated carbocycles. The quantitative estimate of drug-likeness (QED) is 0.0385. The second-order valence-corrected chi connectivity index (χ2v) is 11.4. The van der Waals surface area contributed by atoms with Crippen molar-refractivity contribution in [2.24, 2.45) is 15.9 Å². The summed E-state index contributed by atoms with van der Waals surface area (Å²) in [6, 6.07) is 4.08. The van der Waals surface area contributed by atoms with Gasteiger partial charge in [0.25, 0.3) is 17.7 Å². The number of rotatable bonds is 10. The number of hydrogen-bond acceptors (Lipinski definition) is 14. The van der Waals surface area contributed by atoms with Gasteiger partial charge in [-0.1, -0.05) is 5.16 Å². The van der Waals surface area contributed by atoms with E-state index in [1.165, 1.54) is 18.0 Å². The minimum absolute atomic E-state index is 0.0661. The number of hydrogen-bond donors (Lipinski definition) is 5. The van der Waals surface area contributed by atoms with Crippen molar-refractivity contribution in [3.8, 4) is 17.3 Å². The molecule has 5 heterocycles. The van der Waals surface area contributed by atoms with E-state index in [0.29, 0.717) is 11.1 Å². The second kappa shape index (κ2) is 13.4. The third kappa shape index (κ3) is 6.49. The number of carboxylic acid groups (broad SMARTS) is 1. The molecule has 7 N–H and O–H groups in total. The highest BCUT2D eigenvalue weighted by Crippen LogP contribution is 2.40. The summed E-state index contributed by atoms with van der Waals surface area (Å²) < 4.78 is 5.71. The number of nitrogens with zero attached hydrogens (tertiary/aromatic N) is 7. The maximum atomic E-state index is 13.2. The standard InChI is InChI=1S/C26H24N12O6S2/c1-2-44-35-16(19-33-26(29)46-36-19)21(40)32-17-22(41)38-18(24(42)43)14(10-45-23(17)38)9-37-5-3-12(4-6-37)13-7-15(30-8-13)20(39)34-25(28)31-11-27/h3-8,17,23H,2,9-10H2,1H3,(H7,28,29,31,32,33,34,36,39,40,42,43)/b35-16+. The SMILES string of the molecule is CCO/N=C(/C(=O)NC1C(=O)N2C(C(=O)[O-])=C(C[n+]3ccc(-c4c[nH]c(C(=O)NC(N)=NC#N)c4)cc3)CSC12)c1nsc(N)n1. The number of aromatic nitrogens is 4. The lowest BCUT2D eigenvalue weighted by Gasteiger charge is -2.50. The Morgan fingerprint density at radius 2 is 2.09 bits per heavy atom. The number of thioether (sulfide) groups is 1. The fourth-order valence-corrected chi connectivity index (χ4v) is 6.35. The molecule has 1 saturated heterocycles. The lowest BCUT2D eigenvalue weighted by Crippen LogP contribution is -2.71. The summed E-state index contributed by atoms with van der Waals surface area (Å²) in [5.74, 6) is -3.66. The summed E-state index contributed by atoms with van der Waals surface area (Å²) in [5.41, 5.74) is 12.6. The van der Waals surface area contributed by atoms with Gasteiger partial charge in [-0.25, -0.2) is 4.57 Å². The van der Waals surface area contributed by atoms with Crippen molar-refractivity contribution in [2.75, 3.05) is 18.1 Å². The van der Waals surface area contributed by atoms with Crippen molar-refractivity contribution in [1.82, 2.24) is 29.9 Å². The smallest absolute Gasteiger partial charge is 0.278 e. The van der Waals surface area contributed by atoms with E-state index in [4.69, 9.17) is 21.6 Å². The molecule has 3 amide bonds. The molecule has 20 heteroatoms. The van der Waals surface area contributed by atoms with Crippen molar-refractivity contribution >= 4 is 63.8 Å². The van der Waals surface area contributed by atoms with E-state index < -0.39 is 35.1 Å². The monoisotopic (exact) mass is 664 g/mol. The van der Waals surface area contributed by atoms with Crippen molar-refractivity contribution < 1.29 is 33.7 Å². The van der Waals surface area contributed by atoms with E-state index in [1.807, 2.05) is 0 Å². The molecular weight excluding hydrogens is 640 g/mol. The molecule has 2 aliphatic rings. The van der Waals surface area contributed by atoms with Crippen molar-refractivity contribution in [3.63, 3.8) is 0 Å². The van der Waals surface area contributed by atoms with Gasteiger partial charge in [-0.15, -0.1) is 16.8 Å². The molecule has 1 fully saturated rings. The van der Waals surface area contributed by atoms with Crippen LogP contribution in [0, 0.1) is 11.5 Å². The zero-order valence-corrected chi connectivity index (χ0v) is 25.4. The van der Waals surface area contributed by atoms with Gasteiger partial charge in [0, 0.05) is 46.8 Å². The molecule has 0 aliphatic carbocycles. The number of aromatic amines is 1. The molecule has 18 nitrogen and oxygen atoms in total. The number of nitrogens with one attached hydrogen (secondary N) is 3. The highest BCUT2D eigenvalue weighted by molar-refractivity contribution is 8.00. The average molecular weight is 665 g/mol. The summed E-state index contributed by atoms with van der Waals surface area (Å²) in [5, 5.41) is 28.8. The zero-order valence-electron chi connectivity index (χ0n) is 23.8. The summed E-state index contributed by atoms with van der Waals surface area (Å²) in [4.78, 5) is 66.8. The summed E-state index contributed by atoms with van der Waals surface area (Å²) >= 11 is 2.15. The van der Waals surface area contributed by atoms with Gasteiger partial charge in [0.2, 0.25) is 23.7 Å². The van der Waals surface area contributed by atoms with Crippen molar-refractivity contribution in [3.05, 3.63) is 59.6 Å². The molecule has 46 heavy (non-hydrogen) atoms. The largest absolute Gasteiger partial charge is 0.543 e. The lowest BCUT2D eigenvalue weighted by atomic mass is 10.0. The highest BCUT2D eigenvalue weighted by atomic mass is 32.2. The fraction of sp³-hybridized carbons (Fsp3) is 0.231. The van der Waals surface area contributed by atoms with Crippen molar-refractivity contribution in [1.29, 1.82) is 5.26 Å². The molecule has 0 radical (unpaired) electrons. The van der Waals surface area contributed by atoms with Gasteiger partial charge in [0.1, 0.15) is 23.7 Å². The Bertz CT molecular complexity index is 1840. The van der Waals surface area contributed by atoms with Crippen LogP contribution in [0.15, 0.2) is 58.2 Å². The number of carbonyl (C=O) groups is 4. The van der Waals surface area contributed by atoms with E-state index in [-0.39, 0.29) is 52.9 Å².